The van der Waals surface area contributed by atoms with Crippen LogP contribution in [0.25, 0.3) is 10.9 Å². The van der Waals surface area contributed by atoms with Gasteiger partial charge in [-0.2, -0.15) is 0 Å². The predicted octanol–water partition coefficient (Wildman–Crippen LogP) is 5.22. The zero-order chi connectivity index (χ0) is 18.1. The number of aromatic nitrogens is 2. The molecule has 130 valence electrons. The molecular formula is C21H19N3OS. The minimum atomic E-state index is -0.198. The number of thiophene rings is 1. The summed E-state index contributed by atoms with van der Waals surface area (Å²) in [5, 5.41) is 17.4. The van der Waals surface area contributed by atoms with Crippen LogP contribution in [0.3, 0.4) is 0 Å². The lowest BCUT2D eigenvalue weighted by Crippen LogP contribution is -2.12. The van der Waals surface area contributed by atoms with Gasteiger partial charge in [0.25, 0.3) is 0 Å². The van der Waals surface area contributed by atoms with Crippen LogP contribution in [0.2, 0.25) is 0 Å². The van der Waals surface area contributed by atoms with Crippen LogP contribution in [-0.4, -0.2) is 15.1 Å². The average Bonchev–Trinajstić information content (AvgIpc) is 3.15. The third-order valence-electron chi connectivity index (χ3n) is 4.35. The molecule has 0 fully saturated rings. The molecule has 26 heavy (non-hydrogen) atoms. The van der Waals surface area contributed by atoms with Crippen LogP contribution in [-0.2, 0) is 0 Å². The SMILES string of the molecule is Cc1ccnc(NC(c2cccs2)c2ccc3ccc(C)nc3c2O)c1. The van der Waals surface area contributed by atoms with Crippen molar-refractivity contribution in [2.45, 2.75) is 19.9 Å². The number of nitrogens with one attached hydrogen (secondary N) is 1. The summed E-state index contributed by atoms with van der Waals surface area (Å²) in [6.45, 7) is 3.96. The van der Waals surface area contributed by atoms with Gasteiger partial charge < -0.3 is 10.4 Å². The molecule has 5 heteroatoms. The third-order valence-corrected chi connectivity index (χ3v) is 5.29. The number of rotatable bonds is 4. The summed E-state index contributed by atoms with van der Waals surface area (Å²) in [6.07, 6.45) is 1.79. The van der Waals surface area contributed by atoms with Crippen molar-refractivity contribution in [1.82, 2.24) is 9.97 Å². The highest BCUT2D eigenvalue weighted by Gasteiger charge is 2.21. The van der Waals surface area contributed by atoms with E-state index in [0.717, 1.165) is 32.9 Å². The van der Waals surface area contributed by atoms with Gasteiger partial charge in [-0.25, -0.2) is 9.97 Å². The normalized spacial score (nSPS) is 12.2. The van der Waals surface area contributed by atoms with E-state index in [0.29, 0.717) is 5.52 Å². The number of hydrogen-bond acceptors (Lipinski definition) is 5. The lowest BCUT2D eigenvalue weighted by Gasteiger charge is -2.20. The van der Waals surface area contributed by atoms with E-state index in [1.807, 2.05) is 61.7 Å². The van der Waals surface area contributed by atoms with Gasteiger partial charge in [-0.15, -0.1) is 11.3 Å². The standard InChI is InChI=1S/C21H19N3OS/c1-13-9-10-22-18(12-13)24-20(17-4-3-11-26-17)16-8-7-15-6-5-14(2)23-19(15)21(16)25/h3-12,20,25H,1-2H3,(H,22,24). The monoisotopic (exact) mass is 361 g/mol. The number of phenolic OH excluding ortho intramolecular Hbond substituents is 1. The quantitative estimate of drug-likeness (QED) is 0.523. The topological polar surface area (TPSA) is 58.0 Å². The van der Waals surface area contributed by atoms with E-state index in [2.05, 4.69) is 21.4 Å². The highest BCUT2D eigenvalue weighted by molar-refractivity contribution is 7.10. The number of phenols is 1. The highest BCUT2D eigenvalue weighted by atomic mass is 32.1. The molecule has 0 aliphatic heterocycles. The van der Waals surface area contributed by atoms with E-state index in [9.17, 15) is 5.11 Å². The van der Waals surface area contributed by atoms with Gasteiger partial charge in [-0.3, -0.25) is 0 Å². The molecule has 3 heterocycles. The van der Waals surface area contributed by atoms with Crippen molar-refractivity contribution in [3.63, 3.8) is 0 Å². The van der Waals surface area contributed by atoms with Crippen molar-refractivity contribution in [1.29, 1.82) is 0 Å². The Labute approximate surface area is 156 Å². The molecule has 4 rings (SSSR count). The first-order valence-electron chi connectivity index (χ1n) is 8.43. The first-order valence-corrected chi connectivity index (χ1v) is 9.31. The third kappa shape index (κ3) is 3.13. The Balaban J connectivity index is 1.84. The van der Waals surface area contributed by atoms with Crippen LogP contribution in [0.4, 0.5) is 5.82 Å². The molecule has 0 aliphatic rings. The minimum Gasteiger partial charge on any atom is -0.505 e. The van der Waals surface area contributed by atoms with Crippen LogP contribution < -0.4 is 5.32 Å². The number of benzene rings is 1. The Morgan fingerprint density at radius 1 is 1.08 bits per heavy atom. The first kappa shape index (κ1) is 16.5. The van der Waals surface area contributed by atoms with Crippen molar-refractivity contribution >= 4 is 28.1 Å². The first-order chi connectivity index (χ1) is 12.6. The maximum absolute atomic E-state index is 11.0. The lowest BCUT2D eigenvalue weighted by molar-refractivity contribution is 0.472. The summed E-state index contributed by atoms with van der Waals surface area (Å²) in [4.78, 5) is 10.1. The van der Waals surface area contributed by atoms with E-state index in [-0.39, 0.29) is 11.8 Å². The van der Waals surface area contributed by atoms with Crippen molar-refractivity contribution in [3.05, 3.63) is 81.8 Å². The second-order valence-electron chi connectivity index (χ2n) is 6.34. The molecule has 0 radical (unpaired) electrons. The zero-order valence-corrected chi connectivity index (χ0v) is 15.4. The predicted molar refractivity (Wildman–Crippen MR) is 107 cm³/mol. The number of aromatic hydroxyl groups is 1. The second-order valence-corrected chi connectivity index (χ2v) is 7.32. The maximum Gasteiger partial charge on any atom is 0.147 e. The zero-order valence-electron chi connectivity index (χ0n) is 14.6. The van der Waals surface area contributed by atoms with E-state index >= 15 is 0 Å². The molecule has 3 aromatic heterocycles. The van der Waals surface area contributed by atoms with Crippen LogP contribution in [0.15, 0.2) is 60.1 Å². The Bertz CT molecular complexity index is 1060. The summed E-state index contributed by atoms with van der Waals surface area (Å²) in [7, 11) is 0. The largest absolute Gasteiger partial charge is 0.505 e. The van der Waals surface area contributed by atoms with Gasteiger partial charge in [-0.05, 0) is 49.1 Å². The minimum absolute atomic E-state index is 0.198. The Morgan fingerprint density at radius 2 is 1.92 bits per heavy atom. The molecule has 0 saturated heterocycles. The molecule has 1 atom stereocenters. The van der Waals surface area contributed by atoms with E-state index in [1.54, 1.807) is 17.5 Å². The molecule has 4 aromatic rings. The summed E-state index contributed by atoms with van der Waals surface area (Å²) < 4.78 is 0. The molecule has 0 bridgehead atoms. The van der Waals surface area contributed by atoms with E-state index in [4.69, 9.17) is 0 Å². The maximum atomic E-state index is 11.0. The number of fused-ring (bicyclic) bond motifs is 1. The van der Waals surface area contributed by atoms with Gasteiger partial charge in [-0.1, -0.05) is 24.3 Å². The number of aryl methyl sites for hydroxylation is 2. The summed E-state index contributed by atoms with van der Waals surface area (Å²) in [6, 6.07) is 15.7. The molecule has 2 N–H and O–H groups in total. The lowest BCUT2D eigenvalue weighted by atomic mass is 10.0. The van der Waals surface area contributed by atoms with E-state index < -0.39 is 0 Å². The summed E-state index contributed by atoms with van der Waals surface area (Å²) >= 11 is 1.64. The molecular weight excluding hydrogens is 342 g/mol. The second kappa shape index (κ2) is 6.77. The van der Waals surface area contributed by atoms with Crippen LogP contribution >= 0.6 is 11.3 Å². The molecule has 1 unspecified atom stereocenters. The van der Waals surface area contributed by atoms with Crippen molar-refractivity contribution < 1.29 is 5.11 Å². The fraction of sp³-hybridized carbons (Fsp3) is 0.143. The van der Waals surface area contributed by atoms with Crippen molar-refractivity contribution in [3.8, 4) is 5.75 Å². The Hall–Kier alpha value is -2.92. The average molecular weight is 361 g/mol. The Morgan fingerprint density at radius 3 is 2.69 bits per heavy atom. The molecule has 0 saturated carbocycles. The van der Waals surface area contributed by atoms with Gasteiger partial charge in [0, 0.05) is 27.7 Å². The highest BCUT2D eigenvalue weighted by Crippen LogP contribution is 2.37. The van der Waals surface area contributed by atoms with Crippen LogP contribution in [0, 0.1) is 13.8 Å². The van der Waals surface area contributed by atoms with Gasteiger partial charge in [0.1, 0.15) is 17.1 Å². The Kier molecular flexibility index (Phi) is 4.31. The summed E-state index contributed by atoms with van der Waals surface area (Å²) in [5.41, 5.74) is 3.43. The number of nitrogens with zero attached hydrogens (tertiary/aromatic N) is 2. The molecule has 1 aromatic carbocycles. The fourth-order valence-electron chi connectivity index (χ4n) is 3.04. The van der Waals surface area contributed by atoms with Gasteiger partial charge in [0.2, 0.25) is 0 Å². The molecule has 0 aliphatic carbocycles. The molecule has 4 nitrogen and oxygen atoms in total. The molecule has 0 amide bonds. The van der Waals surface area contributed by atoms with Crippen molar-refractivity contribution in [2.24, 2.45) is 0 Å². The molecule has 0 spiro atoms. The fourth-order valence-corrected chi connectivity index (χ4v) is 3.83. The number of hydrogen-bond donors (Lipinski definition) is 2. The number of anilines is 1. The van der Waals surface area contributed by atoms with Crippen molar-refractivity contribution in [2.75, 3.05) is 5.32 Å². The van der Waals surface area contributed by atoms with Crippen LogP contribution in [0.1, 0.15) is 27.7 Å². The van der Waals surface area contributed by atoms with Crippen LogP contribution in [0.5, 0.6) is 5.75 Å². The smallest absolute Gasteiger partial charge is 0.147 e. The summed E-state index contributed by atoms with van der Waals surface area (Å²) in [5.74, 6) is 0.991. The van der Waals surface area contributed by atoms with Gasteiger partial charge >= 0.3 is 0 Å². The van der Waals surface area contributed by atoms with Gasteiger partial charge in [0.15, 0.2) is 0 Å². The number of pyridine rings is 2. The van der Waals surface area contributed by atoms with Gasteiger partial charge in [0.05, 0.1) is 6.04 Å². The van der Waals surface area contributed by atoms with E-state index in [1.165, 1.54) is 0 Å².